The van der Waals surface area contributed by atoms with Gasteiger partial charge in [-0.05, 0) is 43.3 Å². The molecule has 5 nitrogen and oxygen atoms in total. The Hall–Kier alpha value is -2.02. The van der Waals surface area contributed by atoms with Crippen LogP contribution in [0.15, 0.2) is 60.1 Å². The Labute approximate surface area is 159 Å². The molecular formula is C17H14Cl2N4OS. The summed E-state index contributed by atoms with van der Waals surface area (Å²) in [5.74, 6) is -0.175. The van der Waals surface area contributed by atoms with E-state index in [-0.39, 0.29) is 16.3 Å². The minimum Gasteiger partial charge on any atom is -0.322 e. The molecule has 0 aliphatic heterocycles. The Morgan fingerprint density at radius 3 is 2.64 bits per heavy atom. The summed E-state index contributed by atoms with van der Waals surface area (Å²) in [4.78, 5) is 20.7. The first kappa shape index (κ1) is 17.8. The van der Waals surface area contributed by atoms with Gasteiger partial charge in [-0.2, -0.15) is 0 Å². The van der Waals surface area contributed by atoms with Gasteiger partial charge in [0.2, 0.25) is 5.91 Å². The van der Waals surface area contributed by atoms with E-state index in [9.17, 15) is 4.79 Å². The van der Waals surface area contributed by atoms with Gasteiger partial charge in [0, 0.05) is 29.3 Å². The summed E-state index contributed by atoms with van der Waals surface area (Å²) in [6.45, 7) is 1.81. The highest BCUT2D eigenvalue weighted by molar-refractivity contribution is 8.00. The SMILES string of the molecule is C[C@H](Sc1nccn1-c1ccc(Cl)cc1)C(=O)Nc1cccnc1Cl. The fourth-order valence-corrected chi connectivity index (χ4v) is 3.28. The molecule has 1 N–H and O–H groups in total. The van der Waals surface area contributed by atoms with Crippen molar-refractivity contribution in [3.63, 3.8) is 0 Å². The Morgan fingerprint density at radius 1 is 1.16 bits per heavy atom. The van der Waals surface area contributed by atoms with Crippen LogP contribution in [0, 0.1) is 0 Å². The zero-order valence-corrected chi connectivity index (χ0v) is 15.5. The molecule has 2 aromatic heterocycles. The average Bonchev–Trinajstić information content (AvgIpc) is 3.05. The average molecular weight is 393 g/mol. The summed E-state index contributed by atoms with van der Waals surface area (Å²) < 4.78 is 1.90. The van der Waals surface area contributed by atoms with Gasteiger partial charge in [-0.3, -0.25) is 9.36 Å². The van der Waals surface area contributed by atoms with Crippen molar-refractivity contribution in [2.24, 2.45) is 0 Å². The smallest absolute Gasteiger partial charge is 0.237 e. The summed E-state index contributed by atoms with van der Waals surface area (Å²) in [6.07, 6.45) is 5.10. The van der Waals surface area contributed by atoms with Gasteiger partial charge in [-0.1, -0.05) is 35.0 Å². The van der Waals surface area contributed by atoms with Crippen LogP contribution in [-0.2, 0) is 4.79 Å². The van der Waals surface area contributed by atoms with Crippen molar-refractivity contribution in [3.05, 3.63) is 65.2 Å². The standard InChI is InChI=1S/C17H14Cl2N4OS/c1-11(16(24)22-14-3-2-8-20-15(14)19)25-17-21-9-10-23(17)13-6-4-12(18)5-7-13/h2-11H,1H3,(H,22,24)/t11-/m0/s1. The van der Waals surface area contributed by atoms with Crippen LogP contribution in [0.4, 0.5) is 5.69 Å². The molecule has 0 fully saturated rings. The van der Waals surface area contributed by atoms with Crippen LogP contribution in [0.1, 0.15) is 6.92 Å². The largest absolute Gasteiger partial charge is 0.322 e. The number of aromatic nitrogens is 3. The molecular weight excluding hydrogens is 379 g/mol. The van der Waals surface area contributed by atoms with E-state index in [0.717, 1.165) is 5.69 Å². The zero-order chi connectivity index (χ0) is 17.8. The van der Waals surface area contributed by atoms with Gasteiger partial charge in [-0.15, -0.1) is 0 Å². The molecule has 128 valence electrons. The first-order chi connectivity index (χ1) is 12.0. The topological polar surface area (TPSA) is 59.8 Å². The van der Waals surface area contributed by atoms with E-state index in [1.165, 1.54) is 11.8 Å². The number of nitrogens with zero attached hydrogens (tertiary/aromatic N) is 3. The maximum atomic E-state index is 12.4. The molecule has 3 rings (SSSR count). The van der Waals surface area contributed by atoms with Crippen molar-refractivity contribution in [2.75, 3.05) is 5.32 Å². The number of pyridine rings is 1. The predicted molar refractivity (Wildman–Crippen MR) is 102 cm³/mol. The Balaban J connectivity index is 1.72. The second-order valence-corrected chi connectivity index (χ2v) is 7.25. The highest BCUT2D eigenvalue weighted by atomic mass is 35.5. The molecule has 0 bridgehead atoms. The molecule has 0 saturated heterocycles. The minimum absolute atomic E-state index is 0.175. The Bertz CT molecular complexity index is 882. The first-order valence-corrected chi connectivity index (χ1v) is 9.05. The van der Waals surface area contributed by atoms with E-state index in [1.807, 2.05) is 42.0 Å². The second-order valence-electron chi connectivity index (χ2n) is 5.15. The van der Waals surface area contributed by atoms with Gasteiger partial charge >= 0.3 is 0 Å². The number of benzene rings is 1. The van der Waals surface area contributed by atoms with Crippen molar-refractivity contribution in [2.45, 2.75) is 17.3 Å². The molecule has 1 amide bonds. The van der Waals surface area contributed by atoms with Gasteiger partial charge in [-0.25, -0.2) is 9.97 Å². The van der Waals surface area contributed by atoms with Gasteiger partial charge in [0.05, 0.1) is 10.9 Å². The van der Waals surface area contributed by atoms with Crippen LogP contribution in [-0.4, -0.2) is 25.7 Å². The number of hydrogen-bond donors (Lipinski definition) is 1. The van der Waals surface area contributed by atoms with Gasteiger partial charge in [0.25, 0.3) is 0 Å². The lowest BCUT2D eigenvalue weighted by atomic mass is 10.3. The molecule has 1 aromatic carbocycles. The van der Waals surface area contributed by atoms with E-state index in [1.54, 1.807) is 24.5 Å². The van der Waals surface area contributed by atoms with Crippen LogP contribution in [0.25, 0.3) is 5.69 Å². The first-order valence-electron chi connectivity index (χ1n) is 7.42. The third-order valence-corrected chi connectivity index (χ3v) is 5.01. The predicted octanol–water partition coefficient (Wildman–Crippen LogP) is 4.69. The number of rotatable bonds is 5. The number of amides is 1. The molecule has 0 aliphatic carbocycles. The normalized spacial score (nSPS) is 12.0. The van der Waals surface area contributed by atoms with Gasteiger partial charge in [0.15, 0.2) is 10.3 Å². The van der Waals surface area contributed by atoms with Crippen molar-refractivity contribution in [3.8, 4) is 5.69 Å². The van der Waals surface area contributed by atoms with Crippen molar-refractivity contribution in [1.82, 2.24) is 14.5 Å². The molecule has 0 unspecified atom stereocenters. The zero-order valence-electron chi connectivity index (χ0n) is 13.2. The third kappa shape index (κ3) is 4.34. The van der Waals surface area contributed by atoms with Crippen LogP contribution in [0.3, 0.4) is 0 Å². The van der Waals surface area contributed by atoms with Crippen LogP contribution in [0.5, 0.6) is 0 Å². The van der Waals surface area contributed by atoms with Crippen molar-refractivity contribution >= 4 is 46.6 Å². The number of anilines is 1. The van der Waals surface area contributed by atoms with Crippen LogP contribution in [0.2, 0.25) is 10.2 Å². The summed E-state index contributed by atoms with van der Waals surface area (Å²) in [5.41, 5.74) is 1.41. The fourth-order valence-electron chi connectivity index (χ4n) is 2.10. The third-order valence-electron chi connectivity index (χ3n) is 3.38. The molecule has 1 atom stereocenters. The number of carbonyl (C=O) groups excluding carboxylic acids is 1. The number of nitrogens with one attached hydrogen (secondary N) is 1. The van der Waals surface area contributed by atoms with E-state index >= 15 is 0 Å². The van der Waals surface area contributed by atoms with Gasteiger partial charge < -0.3 is 5.32 Å². The molecule has 2 heterocycles. The van der Waals surface area contributed by atoms with Crippen LogP contribution < -0.4 is 5.32 Å². The number of halogens is 2. The number of hydrogen-bond acceptors (Lipinski definition) is 4. The molecule has 0 aliphatic rings. The van der Waals surface area contributed by atoms with Crippen LogP contribution >= 0.6 is 35.0 Å². The lowest BCUT2D eigenvalue weighted by Gasteiger charge is -2.13. The Kier molecular flexibility index (Phi) is 5.63. The fraction of sp³-hybridized carbons (Fsp3) is 0.118. The highest BCUT2D eigenvalue weighted by Gasteiger charge is 2.19. The molecule has 8 heteroatoms. The van der Waals surface area contributed by atoms with Crippen molar-refractivity contribution < 1.29 is 4.79 Å². The maximum absolute atomic E-state index is 12.4. The number of imidazole rings is 1. The van der Waals surface area contributed by atoms with E-state index in [2.05, 4.69) is 15.3 Å². The van der Waals surface area contributed by atoms with Gasteiger partial charge in [0.1, 0.15) is 0 Å². The minimum atomic E-state index is -0.371. The lowest BCUT2D eigenvalue weighted by Crippen LogP contribution is -2.23. The quantitative estimate of drug-likeness (QED) is 0.505. The summed E-state index contributed by atoms with van der Waals surface area (Å²) >= 11 is 13.3. The monoisotopic (exact) mass is 392 g/mol. The number of carbonyl (C=O) groups is 1. The molecule has 3 aromatic rings. The van der Waals surface area contributed by atoms with E-state index in [0.29, 0.717) is 15.9 Å². The lowest BCUT2D eigenvalue weighted by molar-refractivity contribution is -0.115. The Morgan fingerprint density at radius 2 is 1.92 bits per heavy atom. The summed E-state index contributed by atoms with van der Waals surface area (Å²) in [5, 5.41) is 4.05. The summed E-state index contributed by atoms with van der Waals surface area (Å²) in [7, 11) is 0. The highest BCUT2D eigenvalue weighted by Crippen LogP contribution is 2.26. The van der Waals surface area contributed by atoms with Crippen molar-refractivity contribution in [1.29, 1.82) is 0 Å². The van der Waals surface area contributed by atoms with E-state index < -0.39 is 0 Å². The molecule has 25 heavy (non-hydrogen) atoms. The molecule has 0 radical (unpaired) electrons. The number of thioether (sulfide) groups is 1. The summed E-state index contributed by atoms with van der Waals surface area (Å²) in [6, 6.07) is 10.8. The molecule has 0 saturated carbocycles. The molecule has 0 spiro atoms. The second kappa shape index (κ2) is 7.91. The van der Waals surface area contributed by atoms with E-state index in [4.69, 9.17) is 23.2 Å². The maximum Gasteiger partial charge on any atom is 0.237 e.